The molecule has 2 aliphatic carbocycles. The highest BCUT2D eigenvalue weighted by molar-refractivity contribution is 5.49. The predicted molar refractivity (Wildman–Crippen MR) is 79.8 cm³/mol. The van der Waals surface area contributed by atoms with Gasteiger partial charge in [-0.25, -0.2) is 0 Å². The van der Waals surface area contributed by atoms with Crippen molar-refractivity contribution >= 4 is 5.69 Å². The molecule has 2 aliphatic rings. The molecule has 3 unspecified atom stereocenters. The topological polar surface area (TPSA) is 21.3 Å². The molecule has 1 N–H and O–H groups in total. The van der Waals surface area contributed by atoms with Crippen molar-refractivity contribution in [3.63, 3.8) is 0 Å². The first-order chi connectivity index (χ1) is 10.2. The van der Waals surface area contributed by atoms with Gasteiger partial charge in [-0.1, -0.05) is 31.7 Å². The third kappa shape index (κ3) is 3.86. The van der Waals surface area contributed by atoms with Crippen LogP contribution in [0.4, 0.5) is 14.5 Å². The highest BCUT2D eigenvalue weighted by atomic mass is 19.3. The second-order valence-electron chi connectivity index (χ2n) is 6.37. The summed E-state index contributed by atoms with van der Waals surface area (Å²) in [5, 5.41) is 3.50. The van der Waals surface area contributed by atoms with Crippen molar-refractivity contribution in [1.29, 1.82) is 0 Å². The van der Waals surface area contributed by atoms with Crippen molar-refractivity contribution in [3.05, 3.63) is 24.3 Å². The average Bonchev–Trinajstić information content (AvgIpc) is 2.47. The van der Waals surface area contributed by atoms with E-state index in [4.69, 9.17) is 0 Å². The van der Waals surface area contributed by atoms with E-state index in [9.17, 15) is 8.78 Å². The van der Waals surface area contributed by atoms with Crippen molar-refractivity contribution in [2.75, 3.05) is 5.32 Å². The lowest BCUT2D eigenvalue weighted by atomic mass is 9.69. The molecule has 3 atom stereocenters. The summed E-state index contributed by atoms with van der Waals surface area (Å²) in [6.45, 7) is -2.77. The Hall–Kier alpha value is -1.32. The van der Waals surface area contributed by atoms with Gasteiger partial charge in [-0.2, -0.15) is 8.78 Å². The number of fused-ring (bicyclic) bond motifs is 1. The highest BCUT2D eigenvalue weighted by Gasteiger charge is 2.32. The van der Waals surface area contributed by atoms with Crippen LogP contribution in [0.3, 0.4) is 0 Å². The first-order valence-electron chi connectivity index (χ1n) is 8.02. The van der Waals surface area contributed by atoms with Crippen molar-refractivity contribution in [2.24, 2.45) is 11.8 Å². The Morgan fingerprint density at radius 2 is 1.86 bits per heavy atom. The standard InChI is InChI=1S/C17H23F2NO/c18-17(19)21-16-7-3-6-14(11-16)20-15-9-8-12-4-1-2-5-13(12)10-15/h3,6-7,11-13,15,17,20H,1-2,4-5,8-10H2. The number of hydrogen-bond acceptors (Lipinski definition) is 2. The SMILES string of the molecule is FC(F)Oc1cccc(NC2CCC3CCCCC3C2)c1. The fraction of sp³-hybridized carbons (Fsp3) is 0.647. The first kappa shape index (κ1) is 14.6. The van der Waals surface area contributed by atoms with Crippen LogP contribution in [0.2, 0.25) is 0 Å². The van der Waals surface area contributed by atoms with E-state index in [2.05, 4.69) is 10.1 Å². The number of benzene rings is 1. The molecule has 0 bridgehead atoms. The molecule has 0 saturated heterocycles. The van der Waals surface area contributed by atoms with Crippen molar-refractivity contribution in [1.82, 2.24) is 0 Å². The van der Waals surface area contributed by atoms with E-state index in [0.717, 1.165) is 17.5 Å². The van der Waals surface area contributed by atoms with Crippen LogP contribution in [0, 0.1) is 11.8 Å². The minimum Gasteiger partial charge on any atom is -0.435 e. The monoisotopic (exact) mass is 295 g/mol. The van der Waals surface area contributed by atoms with Crippen molar-refractivity contribution < 1.29 is 13.5 Å². The van der Waals surface area contributed by atoms with E-state index in [0.29, 0.717) is 6.04 Å². The number of ether oxygens (including phenoxy) is 1. The van der Waals surface area contributed by atoms with Gasteiger partial charge in [0.1, 0.15) is 5.75 Å². The molecule has 4 heteroatoms. The van der Waals surface area contributed by atoms with Crippen LogP contribution in [0.25, 0.3) is 0 Å². The largest absolute Gasteiger partial charge is 0.435 e. The van der Waals surface area contributed by atoms with Gasteiger partial charge in [-0.3, -0.25) is 0 Å². The van der Waals surface area contributed by atoms with Gasteiger partial charge in [0.2, 0.25) is 0 Å². The molecule has 2 nitrogen and oxygen atoms in total. The lowest BCUT2D eigenvalue weighted by Crippen LogP contribution is -2.34. The van der Waals surface area contributed by atoms with E-state index in [1.54, 1.807) is 18.2 Å². The number of hydrogen-bond donors (Lipinski definition) is 1. The molecule has 0 spiro atoms. The summed E-state index contributed by atoms with van der Waals surface area (Å²) in [5.41, 5.74) is 0.882. The summed E-state index contributed by atoms with van der Waals surface area (Å²) in [5.74, 6) is 2.00. The second kappa shape index (κ2) is 6.63. The molecule has 0 heterocycles. The maximum atomic E-state index is 12.3. The molecule has 2 saturated carbocycles. The fourth-order valence-corrected chi connectivity index (χ4v) is 4.00. The zero-order chi connectivity index (χ0) is 14.7. The molecule has 3 rings (SSSR count). The number of rotatable bonds is 4. The highest BCUT2D eigenvalue weighted by Crippen LogP contribution is 2.41. The van der Waals surface area contributed by atoms with Crippen LogP contribution in [0.1, 0.15) is 44.9 Å². The lowest BCUT2D eigenvalue weighted by molar-refractivity contribution is -0.0498. The van der Waals surface area contributed by atoms with Gasteiger partial charge in [-0.05, 0) is 43.2 Å². The number of nitrogens with one attached hydrogen (secondary N) is 1. The minimum absolute atomic E-state index is 0.223. The number of alkyl halides is 2. The van der Waals surface area contributed by atoms with Gasteiger partial charge < -0.3 is 10.1 Å². The van der Waals surface area contributed by atoms with Crippen LogP contribution >= 0.6 is 0 Å². The second-order valence-corrected chi connectivity index (χ2v) is 6.37. The summed E-state index contributed by atoms with van der Waals surface area (Å²) in [7, 11) is 0. The van der Waals surface area contributed by atoms with Gasteiger partial charge >= 0.3 is 6.61 Å². The Kier molecular flexibility index (Phi) is 4.61. The van der Waals surface area contributed by atoms with Gasteiger partial charge in [-0.15, -0.1) is 0 Å². The fourth-order valence-electron chi connectivity index (χ4n) is 4.00. The molecule has 1 aromatic carbocycles. The molecule has 116 valence electrons. The summed E-state index contributed by atoms with van der Waals surface area (Å²) < 4.78 is 29.0. The van der Waals surface area contributed by atoms with Gasteiger partial charge in [0.05, 0.1) is 0 Å². The van der Waals surface area contributed by atoms with Gasteiger partial charge in [0.25, 0.3) is 0 Å². The Balaban J connectivity index is 1.59. The molecule has 0 amide bonds. The van der Waals surface area contributed by atoms with Gasteiger partial charge in [0, 0.05) is 17.8 Å². The van der Waals surface area contributed by atoms with E-state index in [-0.39, 0.29) is 5.75 Å². The Morgan fingerprint density at radius 3 is 2.67 bits per heavy atom. The van der Waals surface area contributed by atoms with Gasteiger partial charge in [0.15, 0.2) is 0 Å². The smallest absolute Gasteiger partial charge is 0.387 e. The first-order valence-corrected chi connectivity index (χ1v) is 8.02. The van der Waals surface area contributed by atoms with E-state index in [1.807, 2.05) is 6.07 Å². The summed E-state index contributed by atoms with van der Waals surface area (Å²) in [6.07, 6.45) is 9.21. The zero-order valence-electron chi connectivity index (χ0n) is 12.2. The molecule has 1 aromatic rings. The van der Waals surface area contributed by atoms with E-state index >= 15 is 0 Å². The maximum Gasteiger partial charge on any atom is 0.387 e. The van der Waals surface area contributed by atoms with E-state index in [1.165, 1.54) is 44.9 Å². The summed E-state index contributed by atoms with van der Waals surface area (Å²) in [4.78, 5) is 0. The molecular formula is C17H23F2NO. The molecular weight excluding hydrogens is 272 g/mol. The minimum atomic E-state index is -2.77. The predicted octanol–water partition coefficient (Wildman–Crippen LogP) is 5.06. The molecule has 21 heavy (non-hydrogen) atoms. The average molecular weight is 295 g/mol. The molecule has 0 aliphatic heterocycles. The Bertz CT molecular complexity index is 466. The zero-order valence-corrected chi connectivity index (χ0v) is 12.2. The van der Waals surface area contributed by atoms with Crippen LogP contribution in [0.15, 0.2) is 24.3 Å². The van der Waals surface area contributed by atoms with Crippen molar-refractivity contribution in [3.8, 4) is 5.75 Å². The summed E-state index contributed by atoms with van der Waals surface area (Å²) in [6, 6.07) is 7.37. The maximum absolute atomic E-state index is 12.3. The Morgan fingerprint density at radius 1 is 1.05 bits per heavy atom. The molecule has 0 aromatic heterocycles. The number of anilines is 1. The third-order valence-corrected chi connectivity index (χ3v) is 4.97. The molecule has 2 fully saturated rings. The Labute approximate surface area is 124 Å². The van der Waals surface area contributed by atoms with Crippen LogP contribution < -0.4 is 10.1 Å². The number of halogens is 2. The lowest BCUT2D eigenvalue weighted by Gasteiger charge is -2.39. The van der Waals surface area contributed by atoms with E-state index < -0.39 is 6.61 Å². The normalized spacial score (nSPS) is 29.0. The van der Waals surface area contributed by atoms with Crippen molar-refractivity contribution in [2.45, 2.75) is 57.6 Å². The molecule has 0 radical (unpaired) electrons. The third-order valence-electron chi connectivity index (χ3n) is 4.97. The van der Waals surface area contributed by atoms with Crippen LogP contribution in [-0.2, 0) is 0 Å². The quantitative estimate of drug-likeness (QED) is 0.838. The van der Waals surface area contributed by atoms with Crippen LogP contribution in [-0.4, -0.2) is 12.7 Å². The van der Waals surface area contributed by atoms with Crippen LogP contribution in [0.5, 0.6) is 5.75 Å². The summed E-state index contributed by atoms with van der Waals surface area (Å²) >= 11 is 0.